The molecule has 4 rings (SSSR count). The fourth-order valence-electron chi connectivity index (χ4n) is 4.31. The zero-order chi connectivity index (χ0) is 25.0. The highest BCUT2D eigenvalue weighted by Crippen LogP contribution is 2.40. The summed E-state index contributed by atoms with van der Waals surface area (Å²) in [5, 5.41) is 5.93. The average molecular weight is 484 g/mol. The minimum absolute atomic E-state index is 0.00741. The molecule has 1 fully saturated rings. The van der Waals surface area contributed by atoms with Crippen LogP contribution in [-0.2, 0) is 9.53 Å². The maximum Gasteiger partial charge on any atom is 0.407 e. The number of ether oxygens (including phenoxy) is 4. The van der Waals surface area contributed by atoms with E-state index >= 15 is 0 Å². The van der Waals surface area contributed by atoms with Crippen molar-refractivity contribution in [2.45, 2.75) is 58.1 Å². The van der Waals surface area contributed by atoms with Gasteiger partial charge in [-0.2, -0.15) is 0 Å². The van der Waals surface area contributed by atoms with Crippen molar-refractivity contribution >= 4 is 17.7 Å². The van der Waals surface area contributed by atoms with Crippen LogP contribution in [0.5, 0.6) is 17.4 Å². The summed E-state index contributed by atoms with van der Waals surface area (Å²) in [4.78, 5) is 29.6. The number of aromatic nitrogens is 1. The Morgan fingerprint density at radius 3 is 2.51 bits per heavy atom. The van der Waals surface area contributed by atoms with Gasteiger partial charge in [-0.3, -0.25) is 4.79 Å². The number of pyridine rings is 1. The number of nitrogens with one attached hydrogen (secondary N) is 2. The molecule has 0 unspecified atom stereocenters. The van der Waals surface area contributed by atoms with E-state index in [1.165, 1.54) is 7.11 Å². The smallest absolute Gasteiger partial charge is 0.407 e. The molecule has 2 amide bonds. The monoisotopic (exact) mass is 483 g/mol. The van der Waals surface area contributed by atoms with Gasteiger partial charge in [0.15, 0.2) is 11.5 Å². The third-order valence-electron chi connectivity index (χ3n) is 5.94. The number of amides is 2. The molecule has 1 aromatic carbocycles. The number of para-hydroxylation sites is 1. The number of anilines is 1. The Morgan fingerprint density at radius 1 is 1.06 bits per heavy atom. The average Bonchev–Trinajstić information content (AvgIpc) is 2.82. The van der Waals surface area contributed by atoms with Crippen LogP contribution in [0.2, 0.25) is 0 Å². The fraction of sp³-hybridized carbons (Fsp3) is 0.500. The number of rotatable bonds is 5. The van der Waals surface area contributed by atoms with Gasteiger partial charge in [-0.05, 0) is 64.7 Å². The molecular weight excluding hydrogens is 450 g/mol. The first-order valence-electron chi connectivity index (χ1n) is 12.0. The van der Waals surface area contributed by atoms with Crippen LogP contribution in [0, 0.1) is 5.92 Å². The minimum Gasteiger partial charge on any atom is -0.486 e. The molecule has 0 bridgehead atoms. The molecule has 0 atom stereocenters. The summed E-state index contributed by atoms with van der Waals surface area (Å²) in [6.07, 6.45) is 2.38. The summed E-state index contributed by atoms with van der Waals surface area (Å²) >= 11 is 0. The molecule has 1 aromatic heterocycles. The second kappa shape index (κ2) is 10.4. The molecule has 1 aliphatic heterocycles. The lowest BCUT2D eigenvalue weighted by Gasteiger charge is -2.29. The maximum atomic E-state index is 13.0. The normalized spacial score (nSPS) is 19.4. The minimum atomic E-state index is -0.538. The van der Waals surface area contributed by atoms with Crippen molar-refractivity contribution in [1.29, 1.82) is 0 Å². The van der Waals surface area contributed by atoms with E-state index in [9.17, 15) is 9.59 Å². The maximum absolute atomic E-state index is 13.0. The SMILES string of the molecule is COc1cc(NC(=O)C2CCC(NC(=O)OC(C)(C)C)CC2)cc(-c2cccc3c2OCCO3)n1. The van der Waals surface area contributed by atoms with Gasteiger partial charge in [0.1, 0.15) is 18.8 Å². The second-order valence-electron chi connectivity index (χ2n) is 9.80. The molecule has 0 radical (unpaired) electrons. The Kier molecular flexibility index (Phi) is 7.33. The van der Waals surface area contributed by atoms with Crippen LogP contribution in [0.4, 0.5) is 10.5 Å². The van der Waals surface area contributed by atoms with Crippen molar-refractivity contribution in [3.8, 4) is 28.6 Å². The first-order chi connectivity index (χ1) is 16.7. The van der Waals surface area contributed by atoms with Gasteiger partial charge < -0.3 is 29.6 Å². The molecule has 1 aliphatic carbocycles. The van der Waals surface area contributed by atoms with Crippen molar-refractivity contribution < 1.29 is 28.5 Å². The van der Waals surface area contributed by atoms with E-state index in [2.05, 4.69) is 15.6 Å². The Morgan fingerprint density at radius 2 is 1.80 bits per heavy atom. The summed E-state index contributed by atoms with van der Waals surface area (Å²) in [7, 11) is 1.54. The number of benzene rings is 1. The number of carbonyl (C=O) groups is 2. The zero-order valence-electron chi connectivity index (χ0n) is 20.7. The predicted molar refractivity (Wildman–Crippen MR) is 131 cm³/mol. The van der Waals surface area contributed by atoms with E-state index < -0.39 is 11.7 Å². The highest BCUT2D eigenvalue weighted by Gasteiger charge is 2.29. The van der Waals surface area contributed by atoms with Crippen LogP contribution in [0.25, 0.3) is 11.3 Å². The molecule has 0 spiro atoms. The topological polar surface area (TPSA) is 108 Å². The van der Waals surface area contributed by atoms with Crippen LogP contribution in [-0.4, -0.2) is 49.0 Å². The number of fused-ring (bicyclic) bond motifs is 1. The number of nitrogens with zero attached hydrogens (tertiary/aromatic N) is 1. The number of hydrogen-bond donors (Lipinski definition) is 2. The second-order valence-corrected chi connectivity index (χ2v) is 9.80. The van der Waals surface area contributed by atoms with Crippen molar-refractivity contribution in [3.05, 3.63) is 30.3 Å². The van der Waals surface area contributed by atoms with Crippen molar-refractivity contribution in [1.82, 2.24) is 10.3 Å². The molecule has 2 aromatic rings. The number of alkyl carbamates (subject to hydrolysis) is 1. The van der Waals surface area contributed by atoms with Crippen molar-refractivity contribution in [2.24, 2.45) is 5.92 Å². The van der Waals surface area contributed by atoms with E-state index in [0.29, 0.717) is 54.8 Å². The summed E-state index contributed by atoms with van der Waals surface area (Å²) in [5.41, 5.74) is 1.45. The largest absolute Gasteiger partial charge is 0.486 e. The van der Waals surface area contributed by atoms with Gasteiger partial charge in [0.05, 0.1) is 12.8 Å². The number of carbonyl (C=O) groups excluding carboxylic acids is 2. The molecule has 9 nitrogen and oxygen atoms in total. The lowest BCUT2D eigenvalue weighted by atomic mass is 9.85. The summed E-state index contributed by atoms with van der Waals surface area (Å²) < 4.78 is 22.2. The Labute approximate surface area is 205 Å². The zero-order valence-corrected chi connectivity index (χ0v) is 20.7. The number of methoxy groups -OCH3 is 1. The van der Waals surface area contributed by atoms with Crippen LogP contribution < -0.4 is 24.8 Å². The Bertz CT molecular complexity index is 1070. The van der Waals surface area contributed by atoms with Crippen LogP contribution in [0.3, 0.4) is 0 Å². The fourth-order valence-corrected chi connectivity index (χ4v) is 4.31. The highest BCUT2D eigenvalue weighted by molar-refractivity contribution is 5.93. The lowest BCUT2D eigenvalue weighted by molar-refractivity contribution is -0.120. The lowest BCUT2D eigenvalue weighted by Crippen LogP contribution is -2.42. The van der Waals surface area contributed by atoms with Gasteiger partial charge in [0.25, 0.3) is 0 Å². The van der Waals surface area contributed by atoms with Gasteiger partial charge >= 0.3 is 6.09 Å². The van der Waals surface area contributed by atoms with E-state index in [4.69, 9.17) is 18.9 Å². The predicted octanol–water partition coefficient (Wildman–Crippen LogP) is 4.55. The summed E-state index contributed by atoms with van der Waals surface area (Å²) in [5.74, 6) is 1.48. The van der Waals surface area contributed by atoms with Crippen LogP contribution >= 0.6 is 0 Å². The van der Waals surface area contributed by atoms with Crippen molar-refractivity contribution in [3.63, 3.8) is 0 Å². The van der Waals surface area contributed by atoms with E-state index in [-0.39, 0.29) is 17.9 Å². The quantitative estimate of drug-likeness (QED) is 0.642. The molecular formula is C26H33N3O6. The third kappa shape index (κ3) is 6.35. The van der Waals surface area contributed by atoms with E-state index in [0.717, 1.165) is 18.4 Å². The molecule has 2 N–H and O–H groups in total. The molecule has 0 saturated heterocycles. The Balaban J connectivity index is 1.41. The van der Waals surface area contributed by atoms with Gasteiger partial charge in [0.2, 0.25) is 11.8 Å². The summed E-state index contributed by atoms with van der Waals surface area (Å²) in [6.45, 7) is 6.46. The summed E-state index contributed by atoms with van der Waals surface area (Å²) in [6, 6.07) is 9.15. The van der Waals surface area contributed by atoms with E-state index in [1.807, 2.05) is 45.0 Å². The van der Waals surface area contributed by atoms with Crippen LogP contribution in [0.15, 0.2) is 30.3 Å². The highest BCUT2D eigenvalue weighted by atomic mass is 16.6. The Hall–Kier alpha value is -3.49. The standard InChI is InChI=1S/C26H33N3O6/c1-26(2,3)35-25(31)28-17-10-8-16(9-11-17)24(30)27-18-14-20(29-22(15-18)32-4)19-6-5-7-21-23(19)34-13-12-33-21/h5-7,14-17H,8-13H2,1-4H3,(H,28,31)(H,27,29,30). The van der Waals surface area contributed by atoms with E-state index in [1.54, 1.807) is 6.07 Å². The first-order valence-corrected chi connectivity index (χ1v) is 12.0. The molecule has 2 heterocycles. The molecule has 35 heavy (non-hydrogen) atoms. The first kappa shape index (κ1) is 24.6. The third-order valence-corrected chi connectivity index (χ3v) is 5.94. The molecule has 2 aliphatic rings. The molecule has 188 valence electrons. The van der Waals surface area contributed by atoms with Gasteiger partial charge in [-0.15, -0.1) is 0 Å². The molecule has 1 saturated carbocycles. The van der Waals surface area contributed by atoms with Gasteiger partial charge in [-0.1, -0.05) is 6.07 Å². The van der Waals surface area contributed by atoms with Crippen LogP contribution in [0.1, 0.15) is 46.5 Å². The number of hydrogen-bond acceptors (Lipinski definition) is 7. The molecule has 9 heteroatoms. The van der Waals surface area contributed by atoms with Crippen molar-refractivity contribution in [2.75, 3.05) is 25.6 Å². The van der Waals surface area contributed by atoms with Gasteiger partial charge in [-0.25, -0.2) is 9.78 Å². The van der Waals surface area contributed by atoms with Gasteiger partial charge in [0, 0.05) is 29.3 Å².